The molecular formula is C17H25N5O2. The number of nitrogens with one attached hydrogen (secondary N) is 1. The van der Waals surface area contributed by atoms with Crippen LogP contribution in [0.25, 0.3) is 0 Å². The highest BCUT2D eigenvalue weighted by Gasteiger charge is 2.24. The number of piperidine rings is 1. The van der Waals surface area contributed by atoms with Gasteiger partial charge in [0, 0.05) is 43.5 Å². The number of aryl methyl sites for hydroxylation is 3. The molecule has 1 fully saturated rings. The maximum Gasteiger partial charge on any atom is 0.234 e. The van der Waals surface area contributed by atoms with Crippen LogP contribution in [0.4, 0.5) is 0 Å². The molecule has 1 aliphatic heterocycles. The Kier molecular flexibility index (Phi) is 4.99. The van der Waals surface area contributed by atoms with Crippen LogP contribution in [0, 0.1) is 13.8 Å². The summed E-state index contributed by atoms with van der Waals surface area (Å²) in [5.74, 6) is 1.25. The average Bonchev–Trinajstić information content (AvgIpc) is 3.12. The van der Waals surface area contributed by atoms with Crippen molar-refractivity contribution >= 4 is 5.91 Å². The number of hydrogen-bond donors (Lipinski definition) is 1. The monoisotopic (exact) mass is 331 g/mol. The number of hydrogen-bond acceptors (Lipinski definition) is 5. The number of likely N-dealkylation sites (tertiary alicyclic amines) is 1. The molecule has 1 amide bonds. The van der Waals surface area contributed by atoms with Gasteiger partial charge in [0.2, 0.25) is 5.91 Å². The summed E-state index contributed by atoms with van der Waals surface area (Å²) < 4.78 is 7.06. The first-order chi connectivity index (χ1) is 11.5. The third-order valence-electron chi connectivity index (χ3n) is 4.79. The van der Waals surface area contributed by atoms with Crippen LogP contribution in [0.15, 0.2) is 16.8 Å². The van der Waals surface area contributed by atoms with E-state index in [1.807, 2.05) is 31.8 Å². The molecule has 0 radical (unpaired) electrons. The second-order valence-electron chi connectivity index (χ2n) is 6.53. The van der Waals surface area contributed by atoms with Gasteiger partial charge in [-0.05, 0) is 39.3 Å². The number of carbonyl (C=O) groups is 1. The lowest BCUT2D eigenvalue weighted by atomic mass is 9.94. The molecule has 1 aliphatic rings. The van der Waals surface area contributed by atoms with Crippen LogP contribution in [0.3, 0.4) is 0 Å². The van der Waals surface area contributed by atoms with E-state index in [4.69, 9.17) is 4.52 Å². The van der Waals surface area contributed by atoms with Crippen molar-refractivity contribution in [3.8, 4) is 0 Å². The van der Waals surface area contributed by atoms with Crippen LogP contribution in [0.2, 0.25) is 0 Å². The zero-order valence-electron chi connectivity index (χ0n) is 14.6. The number of rotatable bonds is 5. The fraction of sp³-hybridized carbons (Fsp3) is 0.588. The highest BCUT2D eigenvalue weighted by molar-refractivity contribution is 5.78. The van der Waals surface area contributed by atoms with Crippen molar-refractivity contribution in [2.45, 2.75) is 39.2 Å². The molecule has 0 aromatic carbocycles. The van der Waals surface area contributed by atoms with Gasteiger partial charge >= 0.3 is 0 Å². The van der Waals surface area contributed by atoms with Crippen molar-refractivity contribution in [3.05, 3.63) is 35.0 Å². The van der Waals surface area contributed by atoms with Crippen molar-refractivity contribution in [1.29, 1.82) is 0 Å². The van der Waals surface area contributed by atoms with Crippen LogP contribution >= 0.6 is 0 Å². The first-order valence-corrected chi connectivity index (χ1v) is 8.43. The average molecular weight is 331 g/mol. The molecular weight excluding hydrogens is 306 g/mol. The largest absolute Gasteiger partial charge is 0.361 e. The SMILES string of the molecule is Cc1noc(C)c1CNC(=O)CN1CCC[C@@H](c2ccnn2C)C1. The maximum atomic E-state index is 12.3. The van der Waals surface area contributed by atoms with Gasteiger partial charge in [-0.2, -0.15) is 5.10 Å². The Balaban J connectivity index is 1.52. The van der Waals surface area contributed by atoms with Gasteiger partial charge in [-0.15, -0.1) is 0 Å². The van der Waals surface area contributed by atoms with Gasteiger partial charge in [0.1, 0.15) is 5.76 Å². The normalized spacial score (nSPS) is 18.7. The highest BCUT2D eigenvalue weighted by Crippen LogP contribution is 2.26. The van der Waals surface area contributed by atoms with Crippen LogP contribution in [0.5, 0.6) is 0 Å². The first-order valence-electron chi connectivity index (χ1n) is 8.43. The molecule has 7 nitrogen and oxygen atoms in total. The summed E-state index contributed by atoms with van der Waals surface area (Å²) in [7, 11) is 1.98. The van der Waals surface area contributed by atoms with E-state index in [-0.39, 0.29) is 5.91 Å². The fourth-order valence-corrected chi connectivity index (χ4v) is 3.43. The molecule has 24 heavy (non-hydrogen) atoms. The minimum absolute atomic E-state index is 0.0423. The standard InChI is InChI=1S/C17H25N5O2/c1-12-15(13(2)24-20-12)9-18-17(23)11-22-8-4-5-14(10-22)16-6-7-19-21(16)3/h6-7,14H,4-5,8-11H2,1-3H3,(H,18,23)/t14-/m1/s1. The third kappa shape index (κ3) is 3.67. The third-order valence-corrected chi connectivity index (χ3v) is 4.79. The van der Waals surface area contributed by atoms with E-state index in [9.17, 15) is 4.79 Å². The lowest BCUT2D eigenvalue weighted by Gasteiger charge is -2.32. The molecule has 0 unspecified atom stereocenters. The van der Waals surface area contributed by atoms with Gasteiger partial charge in [-0.3, -0.25) is 14.4 Å². The second-order valence-corrected chi connectivity index (χ2v) is 6.53. The smallest absolute Gasteiger partial charge is 0.234 e. The summed E-state index contributed by atoms with van der Waals surface area (Å²) in [5.41, 5.74) is 3.05. The van der Waals surface area contributed by atoms with Gasteiger partial charge < -0.3 is 9.84 Å². The van der Waals surface area contributed by atoms with E-state index in [2.05, 4.69) is 26.5 Å². The zero-order chi connectivity index (χ0) is 17.1. The molecule has 7 heteroatoms. The quantitative estimate of drug-likeness (QED) is 0.899. The second kappa shape index (κ2) is 7.17. The molecule has 2 aromatic rings. The van der Waals surface area contributed by atoms with Crippen molar-refractivity contribution in [3.63, 3.8) is 0 Å². The molecule has 0 aliphatic carbocycles. The van der Waals surface area contributed by atoms with E-state index >= 15 is 0 Å². The number of amides is 1. The van der Waals surface area contributed by atoms with Gasteiger partial charge in [-0.25, -0.2) is 0 Å². The summed E-state index contributed by atoms with van der Waals surface area (Å²) in [6, 6.07) is 2.08. The Hall–Kier alpha value is -2.15. The summed E-state index contributed by atoms with van der Waals surface area (Å²) in [5, 5.41) is 11.1. The van der Waals surface area contributed by atoms with Crippen LogP contribution in [0.1, 0.15) is 41.5 Å². The van der Waals surface area contributed by atoms with Crippen molar-refractivity contribution < 1.29 is 9.32 Å². The van der Waals surface area contributed by atoms with Gasteiger partial charge in [0.25, 0.3) is 0 Å². The van der Waals surface area contributed by atoms with E-state index in [1.165, 1.54) is 5.69 Å². The Morgan fingerprint density at radius 1 is 1.46 bits per heavy atom. The van der Waals surface area contributed by atoms with Gasteiger partial charge in [0.15, 0.2) is 0 Å². The van der Waals surface area contributed by atoms with E-state index in [0.29, 0.717) is 19.0 Å². The summed E-state index contributed by atoms with van der Waals surface area (Å²) in [4.78, 5) is 14.5. The van der Waals surface area contributed by atoms with Crippen molar-refractivity contribution in [1.82, 2.24) is 25.2 Å². The minimum atomic E-state index is 0.0423. The molecule has 0 bridgehead atoms. The summed E-state index contributed by atoms with van der Waals surface area (Å²) in [6.45, 7) is 6.52. The van der Waals surface area contributed by atoms with Crippen LogP contribution < -0.4 is 5.32 Å². The minimum Gasteiger partial charge on any atom is -0.361 e. The fourth-order valence-electron chi connectivity index (χ4n) is 3.43. The predicted octanol–water partition coefficient (Wildman–Crippen LogP) is 1.52. The van der Waals surface area contributed by atoms with Crippen molar-refractivity contribution in [2.24, 2.45) is 7.05 Å². The molecule has 2 aromatic heterocycles. The van der Waals surface area contributed by atoms with Crippen molar-refractivity contribution in [2.75, 3.05) is 19.6 Å². The Morgan fingerprint density at radius 2 is 2.29 bits per heavy atom. The van der Waals surface area contributed by atoms with Gasteiger partial charge in [-0.1, -0.05) is 5.16 Å². The molecule has 1 saturated heterocycles. The Labute approximate surface area is 142 Å². The number of nitrogens with zero attached hydrogens (tertiary/aromatic N) is 4. The number of aromatic nitrogens is 3. The molecule has 3 rings (SSSR count). The van der Waals surface area contributed by atoms with E-state index in [1.54, 1.807) is 0 Å². The summed E-state index contributed by atoms with van der Waals surface area (Å²) >= 11 is 0. The molecule has 0 saturated carbocycles. The van der Waals surface area contributed by atoms with Gasteiger partial charge in [0.05, 0.1) is 12.2 Å². The lowest BCUT2D eigenvalue weighted by molar-refractivity contribution is -0.122. The summed E-state index contributed by atoms with van der Waals surface area (Å²) in [6.07, 6.45) is 4.09. The molecule has 3 heterocycles. The highest BCUT2D eigenvalue weighted by atomic mass is 16.5. The number of carbonyl (C=O) groups excluding carboxylic acids is 1. The lowest BCUT2D eigenvalue weighted by Crippen LogP contribution is -2.42. The zero-order valence-corrected chi connectivity index (χ0v) is 14.6. The molecule has 130 valence electrons. The van der Waals surface area contributed by atoms with Crippen LogP contribution in [-0.2, 0) is 18.4 Å². The first kappa shape index (κ1) is 16.7. The molecule has 0 spiro atoms. The van der Waals surface area contributed by atoms with E-state index < -0.39 is 0 Å². The topological polar surface area (TPSA) is 76.2 Å². The Morgan fingerprint density at radius 3 is 2.96 bits per heavy atom. The van der Waals surface area contributed by atoms with E-state index in [0.717, 1.165) is 42.9 Å². The van der Waals surface area contributed by atoms with Crippen LogP contribution in [-0.4, -0.2) is 45.4 Å². The Bertz CT molecular complexity index is 686. The molecule has 1 atom stereocenters. The molecule has 1 N–H and O–H groups in total. The maximum absolute atomic E-state index is 12.3. The predicted molar refractivity (Wildman–Crippen MR) is 89.4 cm³/mol.